The Bertz CT molecular complexity index is 558. The number of aryl methyl sites for hydroxylation is 1. The first-order valence-electron chi connectivity index (χ1n) is 6.31. The lowest BCUT2D eigenvalue weighted by Crippen LogP contribution is -2.45. The molecule has 3 nitrogen and oxygen atoms in total. The third kappa shape index (κ3) is 3.01. The van der Waals surface area contributed by atoms with Crippen LogP contribution in [0.2, 0.25) is 0 Å². The number of halogens is 2. The van der Waals surface area contributed by atoms with Crippen LogP contribution in [-0.2, 0) is 10.0 Å². The van der Waals surface area contributed by atoms with Gasteiger partial charge >= 0.3 is 0 Å². The highest BCUT2D eigenvalue weighted by molar-refractivity contribution is 9.09. The summed E-state index contributed by atoms with van der Waals surface area (Å²) < 4.78 is 40.2. The molecule has 1 aliphatic carbocycles. The molecule has 0 heterocycles. The standard InChI is InChI=1S/C13H17BrFNO2S/c1-10-5-6-11(15)9-13(10)19(17,18)16(8-7-14)12-3-2-4-12/h5-6,9,12H,2-4,7-8H2,1H3. The Kier molecular flexibility index (Phi) is 4.63. The van der Waals surface area contributed by atoms with Crippen molar-refractivity contribution in [1.82, 2.24) is 4.31 Å². The second kappa shape index (κ2) is 5.89. The fourth-order valence-electron chi connectivity index (χ4n) is 2.24. The van der Waals surface area contributed by atoms with E-state index >= 15 is 0 Å². The molecule has 6 heteroatoms. The van der Waals surface area contributed by atoms with Crippen LogP contribution in [0.4, 0.5) is 4.39 Å². The van der Waals surface area contributed by atoms with Crippen LogP contribution in [0.5, 0.6) is 0 Å². The maximum Gasteiger partial charge on any atom is 0.243 e. The summed E-state index contributed by atoms with van der Waals surface area (Å²) in [5, 5.41) is 0.580. The van der Waals surface area contributed by atoms with E-state index in [-0.39, 0.29) is 10.9 Å². The molecule has 0 atom stereocenters. The summed E-state index contributed by atoms with van der Waals surface area (Å²) in [6.07, 6.45) is 2.84. The van der Waals surface area contributed by atoms with Crippen LogP contribution in [0.15, 0.2) is 23.1 Å². The summed E-state index contributed by atoms with van der Waals surface area (Å²) in [5.41, 5.74) is 0.584. The summed E-state index contributed by atoms with van der Waals surface area (Å²) in [6.45, 7) is 2.11. The van der Waals surface area contributed by atoms with Crippen LogP contribution in [0.25, 0.3) is 0 Å². The van der Waals surface area contributed by atoms with Crippen molar-refractivity contribution in [3.05, 3.63) is 29.6 Å². The molecule has 1 aromatic carbocycles. The van der Waals surface area contributed by atoms with Gasteiger partial charge in [-0.1, -0.05) is 28.4 Å². The molecule has 0 spiro atoms. The minimum atomic E-state index is -3.61. The lowest BCUT2D eigenvalue weighted by Gasteiger charge is -2.36. The van der Waals surface area contributed by atoms with Crippen LogP contribution in [0.3, 0.4) is 0 Å². The molecular weight excluding hydrogens is 333 g/mol. The molecule has 0 saturated heterocycles. The van der Waals surface area contributed by atoms with E-state index in [4.69, 9.17) is 0 Å². The highest BCUT2D eigenvalue weighted by atomic mass is 79.9. The molecule has 1 fully saturated rings. The predicted molar refractivity (Wildman–Crippen MR) is 76.5 cm³/mol. The van der Waals surface area contributed by atoms with E-state index in [2.05, 4.69) is 15.9 Å². The molecule has 0 N–H and O–H groups in total. The maximum atomic E-state index is 13.3. The fourth-order valence-corrected chi connectivity index (χ4v) is 4.78. The summed E-state index contributed by atoms with van der Waals surface area (Å²) in [6, 6.07) is 3.97. The van der Waals surface area contributed by atoms with Crippen molar-refractivity contribution < 1.29 is 12.8 Å². The minimum absolute atomic E-state index is 0.0604. The lowest BCUT2D eigenvalue weighted by molar-refractivity contribution is 0.228. The van der Waals surface area contributed by atoms with Gasteiger partial charge in [-0.2, -0.15) is 4.31 Å². The Balaban J connectivity index is 2.40. The zero-order valence-electron chi connectivity index (χ0n) is 10.8. The largest absolute Gasteiger partial charge is 0.243 e. The fraction of sp³-hybridized carbons (Fsp3) is 0.538. The topological polar surface area (TPSA) is 37.4 Å². The molecule has 1 saturated carbocycles. The zero-order chi connectivity index (χ0) is 14.0. The quantitative estimate of drug-likeness (QED) is 0.766. The van der Waals surface area contributed by atoms with Crippen molar-refractivity contribution >= 4 is 26.0 Å². The van der Waals surface area contributed by atoms with Gasteiger partial charge < -0.3 is 0 Å². The van der Waals surface area contributed by atoms with Gasteiger partial charge in [0.1, 0.15) is 5.82 Å². The van der Waals surface area contributed by atoms with Gasteiger partial charge in [0.15, 0.2) is 0 Å². The molecule has 106 valence electrons. The molecule has 0 unspecified atom stereocenters. The molecule has 19 heavy (non-hydrogen) atoms. The zero-order valence-corrected chi connectivity index (χ0v) is 13.2. The first-order chi connectivity index (χ1) is 8.96. The number of nitrogens with zero attached hydrogens (tertiary/aromatic N) is 1. The van der Waals surface area contributed by atoms with Gasteiger partial charge in [0.05, 0.1) is 4.90 Å². The first kappa shape index (κ1) is 14.9. The van der Waals surface area contributed by atoms with E-state index in [9.17, 15) is 12.8 Å². The van der Waals surface area contributed by atoms with Crippen molar-refractivity contribution in [2.24, 2.45) is 0 Å². The Morgan fingerprint density at radius 2 is 2.11 bits per heavy atom. The van der Waals surface area contributed by atoms with Gasteiger partial charge in [-0.25, -0.2) is 12.8 Å². The summed E-state index contributed by atoms with van der Waals surface area (Å²) in [4.78, 5) is 0.0837. The predicted octanol–water partition coefficient (Wildman–Crippen LogP) is 3.07. The van der Waals surface area contributed by atoms with Gasteiger partial charge in [-0.05, 0) is 37.5 Å². The van der Waals surface area contributed by atoms with Gasteiger partial charge in [-0.3, -0.25) is 0 Å². The van der Waals surface area contributed by atoms with Crippen molar-refractivity contribution in [2.75, 3.05) is 11.9 Å². The smallest absolute Gasteiger partial charge is 0.207 e. The van der Waals surface area contributed by atoms with E-state index in [0.29, 0.717) is 17.4 Å². The Morgan fingerprint density at radius 3 is 2.63 bits per heavy atom. The molecule has 0 aliphatic heterocycles. The number of sulfonamides is 1. The highest BCUT2D eigenvalue weighted by Crippen LogP contribution is 2.31. The third-order valence-electron chi connectivity index (χ3n) is 3.52. The second-order valence-electron chi connectivity index (χ2n) is 4.80. The Morgan fingerprint density at radius 1 is 1.42 bits per heavy atom. The first-order valence-corrected chi connectivity index (χ1v) is 8.87. The summed E-state index contributed by atoms with van der Waals surface area (Å²) >= 11 is 3.29. The number of rotatable bonds is 5. The van der Waals surface area contributed by atoms with Crippen molar-refractivity contribution in [3.8, 4) is 0 Å². The van der Waals surface area contributed by atoms with Crippen LogP contribution in [0, 0.1) is 12.7 Å². The number of hydrogen-bond donors (Lipinski definition) is 0. The van der Waals surface area contributed by atoms with Crippen LogP contribution in [0.1, 0.15) is 24.8 Å². The molecule has 1 aromatic rings. The van der Waals surface area contributed by atoms with Gasteiger partial charge in [0.25, 0.3) is 0 Å². The molecule has 0 aromatic heterocycles. The monoisotopic (exact) mass is 349 g/mol. The van der Waals surface area contributed by atoms with Gasteiger partial charge in [0.2, 0.25) is 10.0 Å². The molecule has 0 bridgehead atoms. The minimum Gasteiger partial charge on any atom is -0.207 e. The molecule has 0 amide bonds. The summed E-state index contributed by atoms with van der Waals surface area (Å²) in [7, 11) is -3.61. The molecule has 0 radical (unpaired) electrons. The third-order valence-corrected chi connectivity index (χ3v) is 5.97. The van der Waals surface area contributed by atoms with E-state index < -0.39 is 15.8 Å². The van der Waals surface area contributed by atoms with Crippen molar-refractivity contribution in [1.29, 1.82) is 0 Å². The number of alkyl halides is 1. The SMILES string of the molecule is Cc1ccc(F)cc1S(=O)(=O)N(CCBr)C1CCC1. The average molecular weight is 350 g/mol. The second-order valence-corrected chi connectivity index (χ2v) is 7.45. The van der Waals surface area contributed by atoms with E-state index in [0.717, 1.165) is 25.3 Å². The Labute approximate surface area is 122 Å². The highest BCUT2D eigenvalue weighted by Gasteiger charge is 2.35. The van der Waals surface area contributed by atoms with Crippen molar-refractivity contribution in [2.45, 2.75) is 37.1 Å². The normalized spacial score (nSPS) is 16.6. The van der Waals surface area contributed by atoms with Crippen LogP contribution >= 0.6 is 15.9 Å². The van der Waals surface area contributed by atoms with Gasteiger partial charge in [0, 0.05) is 17.9 Å². The summed E-state index contributed by atoms with van der Waals surface area (Å²) in [5.74, 6) is -0.517. The van der Waals surface area contributed by atoms with Crippen LogP contribution in [-0.4, -0.2) is 30.6 Å². The molecule has 1 aliphatic rings. The molecular formula is C13H17BrFNO2S. The number of benzene rings is 1. The van der Waals surface area contributed by atoms with E-state index in [1.54, 1.807) is 6.92 Å². The van der Waals surface area contributed by atoms with Crippen LogP contribution < -0.4 is 0 Å². The van der Waals surface area contributed by atoms with Gasteiger partial charge in [-0.15, -0.1) is 0 Å². The van der Waals surface area contributed by atoms with Crippen molar-refractivity contribution in [3.63, 3.8) is 0 Å². The number of hydrogen-bond acceptors (Lipinski definition) is 2. The average Bonchev–Trinajstić information content (AvgIpc) is 2.29. The Hall–Kier alpha value is -0.460. The van der Waals surface area contributed by atoms with E-state index in [1.165, 1.54) is 16.4 Å². The maximum absolute atomic E-state index is 13.3. The lowest BCUT2D eigenvalue weighted by atomic mass is 9.93. The van der Waals surface area contributed by atoms with E-state index in [1.807, 2.05) is 0 Å². The molecule has 2 rings (SSSR count).